The van der Waals surface area contributed by atoms with Crippen molar-refractivity contribution in [2.75, 3.05) is 4.90 Å². The third kappa shape index (κ3) is 4.80. The predicted octanol–water partition coefficient (Wildman–Crippen LogP) is 16.2. The first kappa shape index (κ1) is 36.2. The highest BCUT2D eigenvalue weighted by atomic mass is 15.1. The minimum Gasteiger partial charge on any atom is -0.310 e. The summed E-state index contributed by atoms with van der Waals surface area (Å²) in [7, 11) is 0. The topological polar surface area (TPSA) is 3.24 Å². The Kier molecular flexibility index (Phi) is 7.48. The Bertz CT molecular complexity index is 3180. The van der Waals surface area contributed by atoms with Crippen LogP contribution in [0.1, 0.15) is 86.8 Å². The molecular formula is C61H51N. The third-order valence-electron chi connectivity index (χ3n) is 16.4. The normalized spacial score (nSPS) is 21.0. The van der Waals surface area contributed by atoms with E-state index >= 15 is 0 Å². The molecule has 3 atom stereocenters. The molecule has 1 spiro atoms. The van der Waals surface area contributed by atoms with Gasteiger partial charge in [-0.2, -0.15) is 0 Å². The lowest BCUT2D eigenvalue weighted by atomic mass is 9.66. The van der Waals surface area contributed by atoms with Crippen molar-refractivity contribution >= 4 is 17.1 Å². The molecule has 0 N–H and O–H groups in total. The second kappa shape index (κ2) is 12.8. The molecule has 0 saturated heterocycles. The van der Waals surface area contributed by atoms with Crippen LogP contribution in [0.15, 0.2) is 176 Å². The summed E-state index contributed by atoms with van der Waals surface area (Å²) in [5.41, 5.74) is 25.5. The van der Waals surface area contributed by atoms with Crippen molar-refractivity contribution in [3.05, 3.63) is 209 Å². The molecule has 0 heterocycles. The Balaban J connectivity index is 1.01. The molecule has 0 amide bonds. The van der Waals surface area contributed by atoms with Gasteiger partial charge in [-0.05, 0) is 151 Å². The number of hydrogen-bond donors (Lipinski definition) is 0. The highest BCUT2D eigenvalue weighted by molar-refractivity contribution is 5.99. The molecule has 1 heteroatoms. The van der Waals surface area contributed by atoms with E-state index in [0.717, 1.165) is 17.5 Å². The fraction of sp³-hybridized carbons (Fsp3) is 0.213. The van der Waals surface area contributed by atoms with Crippen LogP contribution < -0.4 is 4.90 Å². The molecule has 0 aliphatic heterocycles. The molecule has 1 nitrogen and oxygen atoms in total. The average molecular weight is 798 g/mol. The smallest absolute Gasteiger partial charge is 0.0540 e. The minimum atomic E-state index is -0.122. The van der Waals surface area contributed by atoms with Gasteiger partial charge >= 0.3 is 0 Å². The summed E-state index contributed by atoms with van der Waals surface area (Å²) in [6.45, 7) is 9.54. The number of para-hydroxylation sites is 1. The zero-order valence-corrected chi connectivity index (χ0v) is 36.2. The van der Waals surface area contributed by atoms with Crippen LogP contribution in [0.5, 0.6) is 0 Å². The number of rotatable bonds is 5. The van der Waals surface area contributed by atoms with Gasteiger partial charge in [-0.15, -0.1) is 0 Å². The Morgan fingerprint density at radius 2 is 0.952 bits per heavy atom. The lowest BCUT2D eigenvalue weighted by molar-refractivity contribution is 0.327. The predicted molar refractivity (Wildman–Crippen MR) is 259 cm³/mol. The molecule has 2 bridgehead atoms. The molecule has 0 radical (unpaired) electrons. The van der Waals surface area contributed by atoms with Gasteiger partial charge in [0.05, 0.1) is 5.69 Å². The van der Waals surface area contributed by atoms with E-state index in [2.05, 4.69) is 209 Å². The largest absolute Gasteiger partial charge is 0.310 e. The van der Waals surface area contributed by atoms with Crippen molar-refractivity contribution in [1.82, 2.24) is 0 Å². The molecule has 8 aromatic rings. The molecule has 62 heavy (non-hydrogen) atoms. The van der Waals surface area contributed by atoms with Crippen LogP contribution in [0.3, 0.4) is 0 Å². The molecule has 13 rings (SSSR count). The average Bonchev–Trinajstić information content (AvgIpc) is 4.10. The highest BCUT2D eigenvalue weighted by Crippen LogP contribution is 2.67. The summed E-state index contributed by atoms with van der Waals surface area (Å²) in [5, 5.41) is 0. The van der Waals surface area contributed by atoms with Crippen LogP contribution in [-0.2, 0) is 16.2 Å². The molecular weight excluding hydrogens is 747 g/mol. The Hall–Kier alpha value is -6.44. The van der Waals surface area contributed by atoms with E-state index in [1.54, 1.807) is 11.1 Å². The Morgan fingerprint density at radius 1 is 0.403 bits per heavy atom. The van der Waals surface area contributed by atoms with E-state index in [-0.39, 0.29) is 16.2 Å². The number of anilines is 3. The van der Waals surface area contributed by atoms with Gasteiger partial charge in [-0.25, -0.2) is 0 Å². The van der Waals surface area contributed by atoms with Gasteiger partial charge in [0.2, 0.25) is 0 Å². The van der Waals surface area contributed by atoms with Gasteiger partial charge in [-0.1, -0.05) is 174 Å². The monoisotopic (exact) mass is 797 g/mol. The standard InChI is InChI=1S/C61H51N/c1-59(2)51-22-9-5-17-44(51)46-31-28-40(35-55(46)59)39-15-13-16-42(34-39)62(43-30-32-47-45-18-6-10-23-52(45)60(3,4)56(47)36-43)57-26-12-8-19-48(57)49-21-14-25-54-58(49)50-20-7-11-24-53(50)61(54)37-38-27-29-41(61)33-38/h5-26,28,30-32,34-36,38,41H,27,29,33,37H2,1-4H3. The fourth-order valence-corrected chi connectivity index (χ4v) is 13.5. The molecule has 300 valence electrons. The van der Waals surface area contributed by atoms with Crippen molar-refractivity contribution in [3.8, 4) is 55.6 Å². The molecule has 0 aromatic heterocycles. The van der Waals surface area contributed by atoms with Crippen LogP contribution >= 0.6 is 0 Å². The molecule has 5 aliphatic carbocycles. The Labute approximate surface area is 366 Å². The SMILES string of the molecule is CC1(C)c2ccccc2-c2ccc(-c3cccc(N(c4ccc5c(c4)C(C)(C)c4ccccc4-5)c4ccccc4-c4cccc5c4-c4ccccc4C54CC5CCC4C5)c3)cc21. The molecule has 8 aromatic carbocycles. The maximum absolute atomic E-state index is 2.55. The molecule has 2 saturated carbocycles. The van der Waals surface area contributed by atoms with Crippen LogP contribution in [0.2, 0.25) is 0 Å². The van der Waals surface area contributed by atoms with Crippen LogP contribution in [0.4, 0.5) is 17.1 Å². The third-order valence-corrected chi connectivity index (χ3v) is 16.4. The van der Waals surface area contributed by atoms with Crippen molar-refractivity contribution in [2.24, 2.45) is 11.8 Å². The highest BCUT2D eigenvalue weighted by Gasteiger charge is 2.57. The summed E-state index contributed by atoms with van der Waals surface area (Å²) in [5.74, 6) is 1.55. The van der Waals surface area contributed by atoms with E-state index in [4.69, 9.17) is 0 Å². The number of benzene rings is 8. The van der Waals surface area contributed by atoms with E-state index in [1.165, 1.54) is 115 Å². The van der Waals surface area contributed by atoms with Crippen molar-refractivity contribution in [2.45, 2.75) is 69.6 Å². The zero-order chi connectivity index (χ0) is 41.5. The van der Waals surface area contributed by atoms with Crippen molar-refractivity contribution in [1.29, 1.82) is 0 Å². The lowest BCUT2D eigenvalue weighted by Gasteiger charge is -2.36. The van der Waals surface area contributed by atoms with E-state index < -0.39 is 0 Å². The molecule has 2 fully saturated rings. The summed E-state index contributed by atoms with van der Waals surface area (Å²) < 4.78 is 0. The van der Waals surface area contributed by atoms with Crippen LogP contribution in [-0.4, -0.2) is 0 Å². The second-order valence-corrected chi connectivity index (χ2v) is 20.1. The first-order valence-electron chi connectivity index (χ1n) is 23.0. The first-order valence-corrected chi connectivity index (χ1v) is 23.0. The molecule has 5 aliphatic rings. The minimum absolute atomic E-state index is 0.0650. The van der Waals surface area contributed by atoms with Gasteiger partial charge in [0.15, 0.2) is 0 Å². The fourth-order valence-electron chi connectivity index (χ4n) is 13.5. The number of nitrogens with zero attached hydrogens (tertiary/aromatic N) is 1. The maximum atomic E-state index is 2.55. The second-order valence-electron chi connectivity index (χ2n) is 20.1. The first-order chi connectivity index (χ1) is 30.2. The number of hydrogen-bond acceptors (Lipinski definition) is 1. The summed E-state index contributed by atoms with van der Waals surface area (Å²) in [4.78, 5) is 2.55. The zero-order valence-electron chi connectivity index (χ0n) is 36.2. The van der Waals surface area contributed by atoms with Crippen molar-refractivity contribution < 1.29 is 0 Å². The van der Waals surface area contributed by atoms with Gasteiger partial charge < -0.3 is 4.90 Å². The van der Waals surface area contributed by atoms with Gasteiger partial charge in [0.25, 0.3) is 0 Å². The maximum Gasteiger partial charge on any atom is 0.0540 e. The van der Waals surface area contributed by atoms with Crippen molar-refractivity contribution in [3.63, 3.8) is 0 Å². The summed E-state index contributed by atoms with van der Waals surface area (Å²) >= 11 is 0. The Morgan fingerprint density at radius 3 is 1.66 bits per heavy atom. The van der Waals surface area contributed by atoms with E-state index in [0.29, 0.717) is 0 Å². The van der Waals surface area contributed by atoms with Gasteiger partial charge in [-0.3, -0.25) is 0 Å². The van der Waals surface area contributed by atoms with Gasteiger partial charge in [0, 0.05) is 33.2 Å². The van der Waals surface area contributed by atoms with Crippen LogP contribution in [0, 0.1) is 11.8 Å². The van der Waals surface area contributed by atoms with Crippen LogP contribution in [0.25, 0.3) is 55.6 Å². The number of fused-ring (bicyclic) bond motifs is 14. The quantitative estimate of drug-likeness (QED) is 0.168. The summed E-state index contributed by atoms with van der Waals surface area (Å²) in [6.07, 6.45) is 5.38. The van der Waals surface area contributed by atoms with Gasteiger partial charge in [0.1, 0.15) is 0 Å². The lowest BCUT2D eigenvalue weighted by Crippen LogP contribution is -2.31. The molecule has 3 unspecified atom stereocenters. The summed E-state index contributed by atoms with van der Waals surface area (Å²) in [6, 6.07) is 67.5. The van der Waals surface area contributed by atoms with E-state index in [1.807, 2.05) is 0 Å². The van der Waals surface area contributed by atoms with E-state index in [9.17, 15) is 0 Å².